The van der Waals surface area contributed by atoms with Crippen molar-refractivity contribution in [3.8, 4) is 16.9 Å². The smallest absolute Gasteiger partial charge is 0.332 e. The average Bonchev–Trinajstić information content (AvgIpc) is 2.79. The van der Waals surface area contributed by atoms with Crippen molar-refractivity contribution in [3.05, 3.63) is 89.2 Å². The summed E-state index contributed by atoms with van der Waals surface area (Å²) in [7, 11) is 0. The van der Waals surface area contributed by atoms with Crippen LogP contribution in [0.5, 0.6) is 5.75 Å². The van der Waals surface area contributed by atoms with Crippen LogP contribution in [0.4, 0.5) is 4.39 Å². The van der Waals surface area contributed by atoms with Crippen LogP contribution < -0.4 is 4.74 Å². The summed E-state index contributed by atoms with van der Waals surface area (Å²) in [6.07, 6.45) is 0. The van der Waals surface area contributed by atoms with E-state index in [1.165, 1.54) is 17.2 Å². The Kier molecular flexibility index (Phi) is 7.06. The lowest BCUT2D eigenvalue weighted by Crippen LogP contribution is -2.50. The number of rotatable bonds is 9. The van der Waals surface area contributed by atoms with E-state index in [0.29, 0.717) is 17.9 Å². The van der Waals surface area contributed by atoms with Crippen LogP contribution in [0.15, 0.2) is 66.7 Å². The van der Waals surface area contributed by atoms with Gasteiger partial charge >= 0.3 is 5.97 Å². The lowest BCUT2D eigenvalue weighted by Gasteiger charge is -2.41. The molecule has 0 bridgehead atoms. The van der Waals surface area contributed by atoms with Crippen LogP contribution in [-0.2, 0) is 31.2 Å². The molecular weight excluding hydrogens is 423 g/mol. The SMILES string of the molecule is CCOC(=O)COC1(c2ccc(OCc3cccc(-c4ccccc4C)c3)cc2F)COC1. The minimum absolute atomic E-state index is 0.176. The molecule has 1 aliphatic heterocycles. The highest BCUT2D eigenvalue weighted by molar-refractivity contribution is 5.70. The number of halogens is 1. The van der Waals surface area contributed by atoms with Gasteiger partial charge in [-0.05, 0) is 54.3 Å². The van der Waals surface area contributed by atoms with Crippen LogP contribution >= 0.6 is 0 Å². The Bertz CT molecular complexity index is 1120. The van der Waals surface area contributed by atoms with Crippen molar-refractivity contribution in [1.29, 1.82) is 0 Å². The maximum atomic E-state index is 15.0. The second kappa shape index (κ2) is 10.1. The molecule has 0 aliphatic carbocycles. The largest absolute Gasteiger partial charge is 0.489 e. The number of hydrogen-bond donors (Lipinski definition) is 0. The van der Waals surface area contributed by atoms with Crippen molar-refractivity contribution >= 4 is 5.97 Å². The van der Waals surface area contributed by atoms with E-state index in [2.05, 4.69) is 31.2 Å². The molecule has 1 aliphatic rings. The third-order valence-electron chi connectivity index (χ3n) is 5.66. The van der Waals surface area contributed by atoms with Crippen LogP contribution in [-0.4, -0.2) is 32.4 Å². The normalized spacial score (nSPS) is 14.4. The lowest BCUT2D eigenvalue weighted by atomic mass is 9.91. The molecule has 6 heteroatoms. The molecule has 0 saturated carbocycles. The number of carbonyl (C=O) groups excluding carboxylic acids is 1. The standard InChI is InChI=1S/C27H27FO5/c1-3-31-26(29)16-33-27(17-30-18-27)24-12-11-22(14-25(24)28)32-15-20-8-6-9-21(13-20)23-10-5-4-7-19(23)2/h4-14H,3,15-18H2,1-2H3. The van der Waals surface area contributed by atoms with Gasteiger partial charge in [0.2, 0.25) is 0 Å². The summed E-state index contributed by atoms with van der Waals surface area (Å²) in [5.41, 5.74) is 3.82. The van der Waals surface area contributed by atoms with Gasteiger partial charge in [-0.25, -0.2) is 9.18 Å². The number of aryl methyl sites for hydroxylation is 1. The van der Waals surface area contributed by atoms with E-state index in [1.54, 1.807) is 19.1 Å². The number of carbonyl (C=O) groups is 1. The highest BCUT2D eigenvalue weighted by Gasteiger charge is 2.44. The van der Waals surface area contributed by atoms with Gasteiger partial charge in [-0.3, -0.25) is 0 Å². The summed E-state index contributed by atoms with van der Waals surface area (Å²) in [6.45, 7) is 4.47. The van der Waals surface area contributed by atoms with Gasteiger partial charge in [-0.15, -0.1) is 0 Å². The third kappa shape index (κ3) is 5.24. The molecule has 3 aromatic carbocycles. The van der Waals surface area contributed by atoms with Crippen molar-refractivity contribution < 1.29 is 28.1 Å². The Morgan fingerprint density at radius 1 is 1.06 bits per heavy atom. The van der Waals surface area contributed by atoms with Crippen LogP contribution in [0.25, 0.3) is 11.1 Å². The second-order valence-electron chi connectivity index (χ2n) is 8.03. The molecule has 0 amide bonds. The third-order valence-corrected chi connectivity index (χ3v) is 5.66. The van der Waals surface area contributed by atoms with E-state index >= 15 is 0 Å². The van der Waals surface area contributed by atoms with Gasteiger partial charge in [0.05, 0.1) is 19.8 Å². The first-order valence-electron chi connectivity index (χ1n) is 11.0. The molecule has 172 valence electrons. The molecule has 0 aromatic heterocycles. The van der Waals surface area contributed by atoms with Gasteiger partial charge in [0, 0.05) is 11.6 Å². The maximum absolute atomic E-state index is 15.0. The molecule has 0 unspecified atom stereocenters. The highest BCUT2D eigenvalue weighted by atomic mass is 19.1. The number of esters is 1. The van der Waals surface area contributed by atoms with Crippen molar-refractivity contribution in [3.63, 3.8) is 0 Å². The predicted octanol–water partition coefficient (Wildman–Crippen LogP) is 5.19. The fourth-order valence-electron chi connectivity index (χ4n) is 3.85. The molecule has 1 heterocycles. The zero-order chi connectivity index (χ0) is 23.3. The topological polar surface area (TPSA) is 54.0 Å². The summed E-state index contributed by atoms with van der Waals surface area (Å²) < 4.78 is 36.7. The van der Waals surface area contributed by atoms with Crippen molar-refractivity contribution in [2.75, 3.05) is 26.4 Å². The van der Waals surface area contributed by atoms with Gasteiger partial charge in [-0.2, -0.15) is 0 Å². The number of ether oxygens (including phenoxy) is 4. The van der Waals surface area contributed by atoms with Gasteiger partial charge in [0.15, 0.2) is 0 Å². The first-order valence-corrected chi connectivity index (χ1v) is 11.0. The van der Waals surface area contributed by atoms with Crippen LogP contribution in [0.1, 0.15) is 23.6 Å². The molecule has 0 N–H and O–H groups in total. The van der Waals surface area contributed by atoms with E-state index in [-0.39, 0.29) is 26.4 Å². The summed E-state index contributed by atoms with van der Waals surface area (Å²) in [5.74, 6) is -0.538. The molecule has 0 radical (unpaired) electrons. The highest BCUT2D eigenvalue weighted by Crippen LogP contribution is 2.36. The van der Waals surface area contributed by atoms with Crippen molar-refractivity contribution in [2.45, 2.75) is 26.1 Å². The van der Waals surface area contributed by atoms with Gasteiger partial charge in [0.25, 0.3) is 0 Å². The lowest BCUT2D eigenvalue weighted by molar-refractivity contribution is -0.222. The van der Waals surface area contributed by atoms with Crippen LogP contribution in [0, 0.1) is 12.7 Å². The zero-order valence-corrected chi connectivity index (χ0v) is 18.8. The van der Waals surface area contributed by atoms with Crippen molar-refractivity contribution in [2.24, 2.45) is 0 Å². The molecule has 3 aromatic rings. The molecule has 1 fully saturated rings. The Balaban J connectivity index is 1.43. The van der Waals surface area contributed by atoms with E-state index in [0.717, 1.165) is 11.1 Å². The number of benzene rings is 3. The van der Waals surface area contributed by atoms with Crippen molar-refractivity contribution in [1.82, 2.24) is 0 Å². The van der Waals surface area contributed by atoms with E-state index in [1.807, 2.05) is 24.3 Å². The van der Waals surface area contributed by atoms with Gasteiger partial charge < -0.3 is 18.9 Å². The predicted molar refractivity (Wildman–Crippen MR) is 122 cm³/mol. The average molecular weight is 451 g/mol. The van der Waals surface area contributed by atoms with Gasteiger partial charge in [-0.1, -0.05) is 42.5 Å². The Morgan fingerprint density at radius 3 is 2.58 bits per heavy atom. The zero-order valence-electron chi connectivity index (χ0n) is 18.8. The monoisotopic (exact) mass is 450 g/mol. The summed E-state index contributed by atoms with van der Waals surface area (Å²) in [5, 5.41) is 0. The van der Waals surface area contributed by atoms with E-state index in [4.69, 9.17) is 18.9 Å². The van der Waals surface area contributed by atoms with E-state index < -0.39 is 17.4 Å². The minimum Gasteiger partial charge on any atom is -0.489 e. The molecule has 0 spiro atoms. The Hall–Kier alpha value is -3.22. The number of hydrogen-bond acceptors (Lipinski definition) is 5. The fraction of sp³-hybridized carbons (Fsp3) is 0.296. The second-order valence-corrected chi connectivity index (χ2v) is 8.03. The molecule has 5 nitrogen and oxygen atoms in total. The first-order chi connectivity index (χ1) is 16.0. The molecule has 1 saturated heterocycles. The molecular formula is C27H27FO5. The fourth-order valence-corrected chi connectivity index (χ4v) is 3.85. The van der Waals surface area contributed by atoms with Gasteiger partial charge in [0.1, 0.15) is 30.4 Å². The Morgan fingerprint density at radius 2 is 1.88 bits per heavy atom. The Labute approximate surface area is 193 Å². The van der Waals surface area contributed by atoms with Crippen LogP contribution in [0.3, 0.4) is 0 Å². The molecule has 4 rings (SSSR count). The molecule has 33 heavy (non-hydrogen) atoms. The summed E-state index contributed by atoms with van der Waals surface area (Å²) >= 11 is 0. The van der Waals surface area contributed by atoms with Crippen LogP contribution in [0.2, 0.25) is 0 Å². The minimum atomic E-state index is -0.989. The van der Waals surface area contributed by atoms with E-state index in [9.17, 15) is 9.18 Å². The quantitative estimate of drug-likeness (QED) is 0.420. The summed E-state index contributed by atoms with van der Waals surface area (Å²) in [6, 6.07) is 21.0. The summed E-state index contributed by atoms with van der Waals surface area (Å²) in [4.78, 5) is 11.7. The maximum Gasteiger partial charge on any atom is 0.332 e. The molecule has 0 atom stereocenters. The first kappa shape index (κ1) is 23.0.